The first-order valence-corrected chi connectivity index (χ1v) is 14.9. The van der Waals surface area contributed by atoms with E-state index in [1.54, 1.807) is 55.5 Å². The summed E-state index contributed by atoms with van der Waals surface area (Å²) in [4.78, 5) is 56.3. The maximum Gasteiger partial charge on any atom is 0.338 e. The topological polar surface area (TPSA) is 122 Å². The molecule has 1 aliphatic rings. The molecule has 3 aromatic carbocycles. The van der Waals surface area contributed by atoms with Gasteiger partial charge in [-0.1, -0.05) is 59.9 Å². The molecule has 0 spiro atoms. The van der Waals surface area contributed by atoms with E-state index in [4.69, 9.17) is 18.9 Å². The molecular formula is C34H30N2O8S. The molecule has 1 aromatic heterocycles. The van der Waals surface area contributed by atoms with E-state index in [0.717, 1.165) is 5.56 Å². The second-order valence-corrected chi connectivity index (χ2v) is 11.0. The second-order valence-electron chi connectivity index (χ2n) is 9.99. The number of ether oxygens (including phenoxy) is 4. The Kier molecular flexibility index (Phi) is 9.39. The van der Waals surface area contributed by atoms with E-state index in [9.17, 15) is 19.2 Å². The third kappa shape index (κ3) is 6.78. The van der Waals surface area contributed by atoms with Crippen molar-refractivity contribution in [2.24, 2.45) is 4.99 Å². The highest BCUT2D eigenvalue weighted by molar-refractivity contribution is 7.07. The van der Waals surface area contributed by atoms with Crippen molar-refractivity contribution in [3.05, 3.63) is 126 Å². The zero-order valence-corrected chi connectivity index (χ0v) is 25.9. The smallest absolute Gasteiger partial charge is 0.338 e. The molecule has 0 saturated carbocycles. The number of thiazole rings is 1. The minimum Gasteiger partial charge on any atom is -0.490 e. The standard InChI is InChI=1S/C34H30N2O8S/c1-5-42-27-17-23(11-16-26(27)44-21(3)37)18-28-31(38)36-30(24-12-14-25(15-13-24)32(39)41-4)29(20(2)35-34(36)45-28)33(40)43-19-22-9-7-6-8-10-22/h6-18,30H,5,19H2,1-4H3. The summed E-state index contributed by atoms with van der Waals surface area (Å²) in [6, 6.07) is 19.9. The summed E-state index contributed by atoms with van der Waals surface area (Å²) in [5.41, 5.74) is 2.60. The van der Waals surface area contributed by atoms with Crippen molar-refractivity contribution in [2.75, 3.05) is 13.7 Å². The number of carbonyl (C=O) groups excluding carboxylic acids is 3. The average molecular weight is 627 g/mol. The predicted molar refractivity (Wildman–Crippen MR) is 167 cm³/mol. The monoisotopic (exact) mass is 626 g/mol. The van der Waals surface area contributed by atoms with Crippen LogP contribution in [0.25, 0.3) is 6.08 Å². The third-order valence-electron chi connectivity index (χ3n) is 6.92. The van der Waals surface area contributed by atoms with Crippen LogP contribution in [0.15, 0.2) is 93.9 Å². The van der Waals surface area contributed by atoms with E-state index < -0.39 is 23.9 Å². The van der Waals surface area contributed by atoms with Gasteiger partial charge in [-0.3, -0.25) is 14.2 Å². The van der Waals surface area contributed by atoms with Crippen LogP contribution in [0.2, 0.25) is 0 Å². The molecule has 2 heterocycles. The normalized spacial score (nSPS) is 14.3. The maximum atomic E-state index is 14.0. The Hall–Kier alpha value is -5.29. The minimum atomic E-state index is -0.872. The van der Waals surface area contributed by atoms with Crippen molar-refractivity contribution in [1.29, 1.82) is 0 Å². The van der Waals surface area contributed by atoms with Gasteiger partial charge in [-0.05, 0) is 60.9 Å². The first-order valence-electron chi connectivity index (χ1n) is 14.1. The van der Waals surface area contributed by atoms with Gasteiger partial charge in [0, 0.05) is 6.92 Å². The molecule has 0 fully saturated rings. The lowest BCUT2D eigenvalue weighted by molar-refractivity contribution is -0.141. The highest BCUT2D eigenvalue weighted by Gasteiger charge is 2.33. The molecule has 230 valence electrons. The molecule has 4 aromatic rings. The molecule has 0 amide bonds. The van der Waals surface area contributed by atoms with Gasteiger partial charge in [-0.25, -0.2) is 14.6 Å². The van der Waals surface area contributed by atoms with E-state index in [1.165, 1.54) is 29.9 Å². The summed E-state index contributed by atoms with van der Waals surface area (Å²) in [6.07, 6.45) is 1.69. The van der Waals surface area contributed by atoms with Crippen LogP contribution in [0.3, 0.4) is 0 Å². The molecule has 0 N–H and O–H groups in total. The van der Waals surface area contributed by atoms with Gasteiger partial charge in [0.25, 0.3) is 5.56 Å². The molecule has 45 heavy (non-hydrogen) atoms. The Bertz CT molecular complexity index is 1970. The predicted octanol–water partition coefficient (Wildman–Crippen LogP) is 4.09. The van der Waals surface area contributed by atoms with Crippen LogP contribution in [0.1, 0.15) is 53.9 Å². The van der Waals surface area contributed by atoms with Crippen molar-refractivity contribution in [2.45, 2.75) is 33.4 Å². The number of nitrogens with zero attached hydrogens (tertiary/aromatic N) is 2. The molecule has 11 heteroatoms. The van der Waals surface area contributed by atoms with Crippen LogP contribution in [-0.4, -0.2) is 36.2 Å². The number of benzene rings is 3. The van der Waals surface area contributed by atoms with Gasteiger partial charge in [0.1, 0.15) is 6.61 Å². The molecule has 1 atom stereocenters. The van der Waals surface area contributed by atoms with Crippen LogP contribution < -0.4 is 24.4 Å². The van der Waals surface area contributed by atoms with Crippen molar-refractivity contribution in [3.63, 3.8) is 0 Å². The number of aromatic nitrogens is 1. The summed E-state index contributed by atoms with van der Waals surface area (Å²) >= 11 is 1.17. The van der Waals surface area contributed by atoms with Gasteiger partial charge in [0.05, 0.1) is 41.1 Å². The molecule has 0 saturated heterocycles. The van der Waals surface area contributed by atoms with Gasteiger partial charge in [0.2, 0.25) is 0 Å². The third-order valence-corrected chi connectivity index (χ3v) is 7.90. The largest absolute Gasteiger partial charge is 0.490 e. The fraction of sp³-hybridized carbons (Fsp3) is 0.206. The number of carbonyl (C=O) groups is 3. The summed E-state index contributed by atoms with van der Waals surface area (Å²) in [5, 5.41) is 0. The Morgan fingerprint density at radius 1 is 0.978 bits per heavy atom. The zero-order chi connectivity index (χ0) is 32.1. The lowest BCUT2D eigenvalue weighted by Gasteiger charge is -2.25. The molecule has 10 nitrogen and oxygen atoms in total. The first-order chi connectivity index (χ1) is 21.7. The van der Waals surface area contributed by atoms with Crippen LogP contribution in [0.5, 0.6) is 11.5 Å². The molecule has 5 rings (SSSR count). The van der Waals surface area contributed by atoms with E-state index in [-0.39, 0.29) is 23.5 Å². The fourth-order valence-corrected chi connectivity index (χ4v) is 5.94. The molecule has 1 aliphatic heterocycles. The molecular weight excluding hydrogens is 596 g/mol. The van der Waals surface area contributed by atoms with Crippen molar-refractivity contribution < 1.29 is 33.3 Å². The van der Waals surface area contributed by atoms with E-state index in [1.807, 2.05) is 37.3 Å². The van der Waals surface area contributed by atoms with Crippen LogP contribution in [0, 0.1) is 0 Å². The highest BCUT2D eigenvalue weighted by atomic mass is 32.1. The van der Waals surface area contributed by atoms with Crippen LogP contribution in [-0.2, 0) is 25.7 Å². The lowest BCUT2D eigenvalue weighted by Crippen LogP contribution is -2.39. The number of allylic oxidation sites excluding steroid dienone is 1. The Labute approximate surface area is 262 Å². The quantitative estimate of drug-likeness (QED) is 0.201. The van der Waals surface area contributed by atoms with E-state index in [0.29, 0.717) is 44.1 Å². The second kappa shape index (κ2) is 13.6. The maximum absolute atomic E-state index is 14.0. The summed E-state index contributed by atoms with van der Waals surface area (Å²) in [6.45, 7) is 5.20. The van der Waals surface area contributed by atoms with Gasteiger partial charge < -0.3 is 18.9 Å². The van der Waals surface area contributed by atoms with Crippen LogP contribution >= 0.6 is 11.3 Å². The van der Waals surface area contributed by atoms with Gasteiger partial charge >= 0.3 is 17.9 Å². The van der Waals surface area contributed by atoms with Crippen LogP contribution in [0.4, 0.5) is 0 Å². The van der Waals surface area contributed by atoms with Gasteiger partial charge in [-0.2, -0.15) is 0 Å². The van der Waals surface area contributed by atoms with Gasteiger partial charge in [-0.15, -0.1) is 0 Å². The number of hydrogen-bond acceptors (Lipinski definition) is 10. The number of rotatable bonds is 9. The Morgan fingerprint density at radius 3 is 2.38 bits per heavy atom. The molecule has 0 bridgehead atoms. The van der Waals surface area contributed by atoms with Crippen molar-refractivity contribution in [1.82, 2.24) is 4.57 Å². The van der Waals surface area contributed by atoms with Crippen molar-refractivity contribution in [3.8, 4) is 11.5 Å². The van der Waals surface area contributed by atoms with E-state index in [2.05, 4.69) is 4.99 Å². The van der Waals surface area contributed by atoms with Crippen molar-refractivity contribution >= 4 is 35.3 Å². The fourth-order valence-electron chi connectivity index (χ4n) is 4.89. The number of esters is 3. The molecule has 0 radical (unpaired) electrons. The number of hydrogen-bond donors (Lipinski definition) is 0. The Balaban J connectivity index is 1.60. The minimum absolute atomic E-state index is 0.0420. The number of methoxy groups -OCH3 is 1. The molecule has 1 unspecified atom stereocenters. The summed E-state index contributed by atoms with van der Waals surface area (Å²) in [5.74, 6) is -0.973. The van der Waals surface area contributed by atoms with E-state index >= 15 is 0 Å². The average Bonchev–Trinajstić information content (AvgIpc) is 3.34. The Morgan fingerprint density at radius 2 is 1.71 bits per heavy atom. The number of fused-ring (bicyclic) bond motifs is 1. The zero-order valence-electron chi connectivity index (χ0n) is 25.1. The van der Waals surface area contributed by atoms with Gasteiger partial charge in [0.15, 0.2) is 16.3 Å². The SMILES string of the molecule is CCOc1cc(C=c2sc3n(c2=O)C(c2ccc(C(=O)OC)cc2)C(C(=O)OCc2ccccc2)=C(C)N=3)ccc1OC(C)=O. The molecule has 0 aliphatic carbocycles. The summed E-state index contributed by atoms with van der Waals surface area (Å²) < 4.78 is 23.3. The summed E-state index contributed by atoms with van der Waals surface area (Å²) in [7, 11) is 1.29. The first kappa shape index (κ1) is 31.1. The lowest BCUT2D eigenvalue weighted by atomic mass is 9.95. The highest BCUT2D eigenvalue weighted by Crippen LogP contribution is 2.32.